The van der Waals surface area contributed by atoms with Gasteiger partial charge in [0.15, 0.2) is 0 Å². The average Bonchev–Trinajstić information content (AvgIpc) is 2.68. The summed E-state index contributed by atoms with van der Waals surface area (Å²) < 4.78 is 6.60. The highest BCUT2D eigenvalue weighted by Crippen LogP contribution is 2.19. The van der Waals surface area contributed by atoms with Gasteiger partial charge in [-0.3, -0.25) is 4.79 Å². The van der Waals surface area contributed by atoms with Crippen molar-refractivity contribution >= 4 is 17.4 Å². The number of primary amides is 1. The highest BCUT2D eigenvalue weighted by Gasteiger charge is 2.21. The van der Waals surface area contributed by atoms with Crippen LogP contribution in [0.3, 0.4) is 0 Å². The monoisotopic (exact) mass is 232 g/mol. The lowest BCUT2D eigenvalue weighted by atomic mass is 10.1. The van der Waals surface area contributed by atoms with Crippen molar-refractivity contribution in [2.24, 2.45) is 5.73 Å². The number of carbonyl (C=O) groups is 2. The molecule has 17 heavy (non-hydrogen) atoms. The van der Waals surface area contributed by atoms with E-state index in [-0.39, 0.29) is 17.7 Å². The van der Waals surface area contributed by atoms with E-state index in [9.17, 15) is 9.59 Å². The number of amides is 1. The molecular formula is C12H12N2O3. The normalized spacial score (nSPS) is 10.4. The zero-order valence-corrected chi connectivity index (χ0v) is 9.34. The van der Waals surface area contributed by atoms with Gasteiger partial charge in [0.05, 0.1) is 23.3 Å². The van der Waals surface area contributed by atoms with E-state index in [2.05, 4.69) is 0 Å². The van der Waals surface area contributed by atoms with Crippen molar-refractivity contribution in [2.45, 2.75) is 6.92 Å². The molecular weight excluding hydrogens is 220 g/mol. The number of hydrogen-bond donors (Lipinski definition) is 1. The third-order valence-electron chi connectivity index (χ3n) is 2.43. The van der Waals surface area contributed by atoms with Crippen LogP contribution in [-0.2, 0) is 4.74 Å². The molecule has 88 valence electrons. The van der Waals surface area contributed by atoms with Gasteiger partial charge in [-0.05, 0) is 19.1 Å². The Bertz CT molecular complexity index is 586. The van der Waals surface area contributed by atoms with E-state index in [0.717, 1.165) is 0 Å². The molecule has 0 atom stereocenters. The summed E-state index contributed by atoms with van der Waals surface area (Å²) in [5.41, 5.74) is 6.26. The molecule has 0 fully saturated rings. The predicted octanol–water partition coefficient (Wildman–Crippen LogP) is 1.21. The summed E-state index contributed by atoms with van der Waals surface area (Å²) in [5.74, 6) is -1.17. The van der Waals surface area contributed by atoms with Crippen LogP contribution in [0.2, 0.25) is 0 Å². The van der Waals surface area contributed by atoms with Crippen LogP contribution in [-0.4, -0.2) is 22.9 Å². The molecule has 1 amide bonds. The highest BCUT2D eigenvalue weighted by molar-refractivity contribution is 6.09. The fourth-order valence-electron chi connectivity index (χ4n) is 1.73. The second-order valence-electron chi connectivity index (χ2n) is 3.50. The molecule has 2 N–H and O–H groups in total. The smallest absolute Gasteiger partial charge is 0.341 e. The molecule has 2 aromatic rings. The first-order valence-electron chi connectivity index (χ1n) is 5.21. The second kappa shape index (κ2) is 4.29. The number of hydrogen-bond acceptors (Lipinski definition) is 3. The minimum atomic E-state index is -0.642. The van der Waals surface area contributed by atoms with Crippen molar-refractivity contribution in [1.29, 1.82) is 0 Å². The summed E-state index contributed by atoms with van der Waals surface area (Å²) >= 11 is 0. The van der Waals surface area contributed by atoms with E-state index in [1.54, 1.807) is 35.7 Å². The van der Waals surface area contributed by atoms with Crippen molar-refractivity contribution in [1.82, 2.24) is 4.40 Å². The first kappa shape index (κ1) is 11.2. The first-order valence-corrected chi connectivity index (χ1v) is 5.21. The van der Waals surface area contributed by atoms with Crippen molar-refractivity contribution < 1.29 is 14.3 Å². The Morgan fingerprint density at radius 2 is 2.18 bits per heavy atom. The molecule has 2 rings (SSSR count). The molecule has 0 bridgehead atoms. The summed E-state index contributed by atoms with van der Waals surface area (Å²) in [5, 5.41) is 0. The second-order valence-corrected chi connectivity index (χ2v) is 3.50. The van der Waals surface area contributed by atoms with Crippen LogP contribution in [0.25, 0.3) is 5.52 Å². The zero-order valence-electron chi connectivity index (χ0n) is 9.34. The molecule has 0 saturated heterocycles. The maximum Gasteiger partial charge on any atom is 0.341 e. The van der Waals surface area contributed by atoms with Crippen LogP contribution in [0, 0.1) is 0 Å². The van der Waals surface area contributed by atoms with Gasteiger partial charge in [-0.25, -0.2) is 4.79 Å². The fraction of sp³-hybridized carbons (Fsp3) is 0.167. The van der Waals surface area contributed by atoms with Crippen LogP contribution in [0.4, 0.5) is 0 Å². The topological polar surface area (TPSA) is 73.8 Å². The maximum absolute atomic E-state index is 11.8. The minimum absolute atomic E-state index is 0.176. The molecule has 0 saturated carbocycles. The standard InChI is InChI=1S/C12H12N2O3/c1-2-17-12(16)10-8(11(13)15)7-14-6-4-3-5-9(10)14/h3-7H,2H2,1H3,(H2,13,15). The number of pyridine rings is 1. The number of carbonyl (C=O) groups excluding carboxylic acids is 2. The molecule has 0 aliphatic heterocycles. The lowest BCUT2D eigenvalue weighted by Gasteiger charge is -2.02. The largest absolute Gasteiger partial charge is 0.462 e. The third kappa shape index (κ3) is 1.87. The minimum Gasteiger partial charge on any atom is -0.462 e. The first-order chi connectivity index (χ1) is 8.15. The lowest BCUT2D eigenvalue weighted by Crippen LogP contribution is -2.15. The number of aromatic nitrogens is 1. The number of nitrogens with two attached hydrogens (primary N) is 1. The maximum atomic E-state index is 11.8. The van der Waals surface area contributed by atoms with Gasteiger partial charge in [-0.15, -0.1) is 0 Å². The van der Waals surface area contributed by atoms with Crippen molar-refractivity contribution in [2.75, 3.05) is 6.61 Å². The lowest BCUT2D eigenvalue weighted by molar-refractivity contribution is 0.0525. The number of fused-ring (bicyclic) bond motifs is 1. The molecule has 2 aromatic heterocycles. The molecule has 5 nitrogen and oxygen atoms in total. The molecule has 0 aromatic carbocycles. The van der Waals surface area contributed by atoms with E-state index in [0.29, 0.717) is 5.52 Å². The number of nitrogens with zero attached hydrogens (tertiary/aromatic N) is 1. The van der Waals surface area contributed by atoms with Crippen LogP contribution < -0.4 is 5.73 Å². The molecule has 0 aliphatic rings. The Kier molecular flexibility index (Phi) is 2.82. The number of rotatable bonds is 3. The molecule has 0 spiro atoms. The SMILES string of the molecule is CCOC(=O)c1c(C(N)=O)cn2ccccc12. The predicted molar refractivity (Wildman–Crippen MR) is 61.9 cm³/mol. The van der Waals surface area contributed by atoms with Gasteiger partial charge in [-0.2, -0.15) is 0 Å². The zero-order chi connectivity index (χ0) is 12.4. The highest BCUT2D eigenvalue weighted by atomic mass is 16.5. The third-order valence-corrected chi connectivity index (χ3v) is 2.43. The molecule has 5 heteroatoms. The summed E-state index contributed by atoms with van der Waals surface area (Å²) in [7, 11) is 0. The molecule has 0 radical (unpaired) electrons. The van der Waals surface area contributed by atoms with Crippen molar-refractivity contribution in [3.8, 4) is 0 Å². The summed E-state index contributed by atoms with van der Waals surface area (Å²) in [6.45, 7) is 1.96. The van der Waals surface area contributed by atoms with Crippen LogP contribution >= 0.6 is 0 Å². The van der Waals surface area contributed by atoms with E-state index in [1.165, 1.54) is 6.20 Å². The number of ether oxygens (including phenoxy) is 1. The van der Waals surface area contributed by atoms with Gasteiger partial charge in [-0.1, -0.05) is 6.07 Å². The van der Waals surface area contributed by atoms with Gasteiger partial charge in [0.2, 0.25) is 0 Å². The Balaban J connectivity index is 2.68. The van der Waals surface area contributed by atoms with Crippen LogP contribution in [0.1, 0.15) is 27.6 Å². The Morgan fingerprint density at radius 3 is 2.82 bits per heavy atom. The van der Waals surface area contributed by atoms with Crippen molar-refractivity contribution in [3.05, 3.63) is 41.7 Å². The van der Waals surface area contributed by atoms with E-state index >= 15 is 0 Å². The Labute approximate surface area is 97.8 Å². The van der Waals surface area contributed by atoms with Gasteiger partial charge in [0.25, 0.3) is 5.91 Å². The number of esters is 1. The molecule has 0 aliphatic carbocycles. The van der Waals surface area contributed by atoms with Gasteiger partial charge in [0.1, 0.15) is 0 Å². The van der Waals surface area contributed by atoms with Gasteiger partial charge < -0.3 is 14.9 Å². The summed E-state index contributed by atoms with van der Waals surface area (Å²) in [6.07, 6.45) is 3.27. The van der Waals surface area contributed by atoms with Crippen LogP contribution in [0.15, 0.2) is 30.6 Å². The average molecular weight is 232 g/mol. The van der Waals surface area contributed by atoms with E-state index in [4.69, 9.17) is 10.5 Å². The summed E-state index contributed by atoms with van der Waals surface area (Å²) in [4.78, 5) is 23.1. The van der Waals surface area contributed by atoms with E-state index < -0.39 is 11.9 Å². The van der Waals surface area contributed by atoms with Gasteiger partial charge >= 0.3 is 5.97 Å². The molecule has 0 unspecified atom stereocenters. The van der Waals surface area contributed by atoms with Gasteiger partial charge in [0, 0.05) is 12.4 Å². The Morgan fingerprint density at radius 1 is 1.41 bits per heavy atom. The molecule has 2 heterocycles. The summed E-state index contributed by atoms with van der Waals surface area (Å²) in [6, 6.07) is 5.31. The van der Waals surface area contributed by atoms with E-state index in [1.807, 2.05) is 0 Å². The van der Waals surface area contributed by atoms with Crippen molar-refractivity contribution in [3.63, 3.8) is 0 Å². The van der Waals surface area contributed by atoms with Crippen LogP contribution in [0.5, 0.6) is 0 Å². The fourth-order valence-corrected chi connectivity index (χ4v) is 1.73. The Hall–Kier alpha value is -2.30. The quantitative estimate of drug-likeness (QED) is 0.808.